The maximum atomic E-state index is 4.52. The zero-order chi connectivity index (χ0) is 9.32. The molecule has 4 aliphatic carbocycles. The molecule has 4 bridgehead atoms. The lowest BCUT2D eigenvalue weighted by molar-refractivity contribution is -0.514. The Kier molecular flexibility index (Phi) is 1.26. The molecule has 0 radical (unpaired) electrons. The van der Waals surface area contributed by atoms with E-state index < -0.39 is 0 Å². The third kappa shape index (κ3) is 1.09. The van der Waals surface area contributed by atoms with Crippen LogP contribution >= 0.6 is 0 Å². The number of hydrogen-bond acceptors (Lipinski definition) is 0. The van der Waals surface area contributed by atoms with Crippen LogP contribution in [0.1, 0.15) is 52.4 Å². The van der Waals surface area contributed by atoms with Gasteiger partial charge in [0, 0.05) is 19.3 Å². The Morgan fingerprint density at radius 1 is 0.923 bits per heavy atom. The highest BCUT2D eigenvalue weighted by atomic mass is 14.8. The van der Waals surface area contributed by atoms with E-state index in [2.05, 4.69) is 19.6 Å². The van der Waals surface area contributed by atoms with Gasteiger partial charge in [0.05, 0.1) is 5.54 Å². The van der Waals surface area contributed by atoms with Gasteiger partial charge in [-0.05, 0) is 36.0 Å². The molecule has 0 heterocycles. The molecule has 1 heteroatoms. The highest BCUT2D eigenvalue weighted by molar-refractivity contribution is 5.10. The maximum Gasteiger partial charge on any atom is 0.0959 e. The van der Waals surface area contributed by atoms with Crippen LogP contribution in [0.5, 0.6) is 0 Å². The van der Waals surface area contributed by atoms with Crippen molar-refractivity contribution in [2.75, 3.05) is 0 Å². The van der Waals surface area contributed by atoms with E-state index in [1.54, 1.807) is 0 Å². The second-order valence-corrected chi connectivity index (χ2v) is 7.13. The Balaban J connectivity index is 2.03. The van der Waals surface area contributed by atoms with Gasteiger partial charge < -0.3 is 5.73 Å². The van der Waals surface area contributed by atoms with Gasteiger partial charge in [-0.15, -0.1) is 0 Å². The van der Waals surface area contributed by atoms with Crippen LogP contribution in [0.25, 0.3) is 0 Å². The number of rotatable bonds is 0. The molecule has 74 valence electrons. The largest absolute Gasteiger partial charge is 0.353 e. The van der Waals surface area contributed by atoms with Crippen LogP contribution in [-0.4, -0.2) is 5.54 Å². The number of hydrogen-bond donors (Lipinski definition) is 1. The minimum atomic E-state index is 0.475. The molecule has 4 atom stereocenters. The van der Waals surface area contributed by atoms with E-state index in [1.807, 2.05) is 0 Å². The zero-order valence-electron chi connectivity index (χ0n) is 9.03. The van der Waals surface area contributed by atoms with E-state index in [4.69, 9.17) is 0 Å². The fraction of sp³-hybridized carbons (Fsp3) is 1.00. The fourth-order valence-corrected chi connectivity index (χ4v) is 5.68. The van der Waals surface area contributed by atoms with Gasteiger partial charge in [0.1, 0.15) is 0 Å². The third-order valence-electron chi connectivity index (χ3n) is 4.74. The lowest BCUT2D eigenvalue weighted by Gasteiger charge is -2.62. The molecule has 0 aromatic carbocycles. The quantitative estimate of drug-likeness (QED) is 0.590. The first kappa shape index (κ1) is 8.28. The van der Waals surface area contributed by atoms with Crippen LogP contribution in [-0.2, 0) is 0 Å². The first-order valence-corrected chi connectivity index (χ1v) is 5.76. The maximum absolute atomic E-state index is 4.52. The minimum absolute atomic E-state index is 0.475. The predicted molar refractivity (Wildman–Crippen MR) is 53.0 cm³/mol. The molecule has 0 amide bonds. The van der Waals surface area contributed by atoms with Crippen molar-refractivity contribution in [2.45, 2.75) is 57.9 Å². The SMILES string of the molecule is C[C@]12CC3CC([NH3+])(C1)C[C@@](C)(C3)C2. The van der Waals surface area contributed by atoms with Gasteiger partial charge in [0.2, 0.25) is 0 Å². The van der Waals surface area contributed by atoms with Gasteiger partial charge in [-0.2, -0.15) is 0 Å². The van der Waals surface area contributed by atoms with Crippen molar-refractivity contribution in [1.82, 2.24) is 0 Å². The summed E-state index contributed by atoms with van der Waals surface area (Å²) in [6.07, 6.45) is 8.73. The standard InChI is InChI=1S/C12H21N/c1-10-3-9-4-11(2,6-10)8-12(13,5-9)7-10/h9H,3-8,13H2,1-2H3/p+1/t9?,10-,11+,12?. The molecule has 0 aromatic rings. The summed E-state index contributed by atoms with van der Waals surface area (Å²) in [4.78, 5) is 0. The van der Waals surface area contributed by atoms with Gasteiger partial charge in [-0.3, -0.25) is 0 Å². The third-order valence-corrected chi connectivity index (χ3v) is 4.74. The summed E-state index contributed by atoms with van der Waals surface area (Å²) in [7, 11) is 0. The Labute approximate surface area is 81.1 Å². The van der Waals surface area contributed by atoms with Crippen molar-refractivity contribution in [3.8, 4) is 0 Å². The Morgan fingerprint density at radius 3 is 1.85 bits per heavy atom. The molecular formula is C12H22N+. The molecule has 0 aromatic heterocycles. The van der Waals surface area contributed by atoms with Crippen molar-refractivity contribution in [3.05, 3.63) is 0 Å². The van der Waals surface area contributed by atoms with E-state index >= 15 is 0 Å². The van der Waals surface area contributed by atoms with Gasteiger partial charge in [0.25, 0.3) is 0 Å². The van der Waals surface area contributed by atoms with Gasteiger partial charge >= 0.3 is 0 Å². The van der Waals surface area contributed by atoms with Gasteiger partial charge in [-0.1, -0.05) is 13.8 Å². The highest BCUT2D eigenvalue weighted by Crippen LogP contribution is 2.64. The van der Waals surface area contributed by atoms with E-state index in [9.17, 15) is 0 Å². The Morgan fingerprint density at radius 2 is 1.46 bits per heavy atom. The summed E-state index contributed by atoms with van der Waals surface area (Å²) in [5.41, 5.74) is 6.32. The van der Waals surface area contributed by atoms with Crippen molar-refractivity contribution >= 4 is 0 Å². The fourth-order valence-electron chi connectivity index (χ4n) is 5.68. The lowest BCUT2D eigenvalue weighted by Crippen LogP contribution is -2.80. The van der Waals surface area contributed by atoms with E-state index in [0.29, 0.717) is 16.4 Å². The van der Waals surface area contributed by atoms with Gasteiger partial charge in [-0.25, -0.2) is 0 Å². The van der Waals surface area contributed by atoms with E-state index in [-0.39, 0.29) is 0 Å². The highest BCUT2D eigenvalue weighted by Gasteiger charge is 2.60. The Hall–Kier alpha value is -0.0400. The second-order valence-electron chi connectivity index (χ2n) is 7.13. The second kappa shape index (κ2) is 1.98. The molecule has 13 heavy (non-hydrogen) atoms. The monoisotopic (exact) mass is 180 g/mol. The molecule has 4 saturated carbocycles. The van der Waals surface area contributed by atoms with E-state index in [0.717, 1.165) is 5.92 Å². The molecule has 3 N–H and O–H groups in total. The summed E-state index contributed by atoms with van der Waals surface area (Å²) in [6.45, 7) is 5.02. The van der Waals surface area contributed by atoms with Crippen molar-refractivity contribution in [2.24, 2.45) is 16.7 Å². The van der Waals surface area contributed by atoms with Crippen LogP contribution in [0.3, 0.4) is 0 Å². The van der Waals surface area contributed by atoms with Crippen LogP contribution < -0.4 is 5.73 Å². The molecule has 0 spiro atoms. The molecular weight excluding hydrogens is 158 g/mol. The van der Waals surface area contributed by atoms with Crippen LogP contribution in [0.15, 0.2) is 0 Å². The lowest BCUT2D eigenvalue weighted by atomic mass is 9.43. The molecule has 0 aliphatic heterocycles. The predicted octanol–water partition coefficient (Wildman–Crippen LogP) is 1.98. The first-order chi connectivity index (χ1) is 5.91. The minimum Gasteiger partial charge on any atom is -0.353 e. The van der Waals surface area contributed by atoms with Gasteiger partial charge in [0.15, 0.2) is 0 Å². The summed E-state index contributed by atoms with van der Waals surface area (Å²) in [5.74, 6) is 1.02. The normalized spacial score (nSPS) is 64.4. The van der Waals surface area contributed by atoms with Crippen LogP contribution in [0, 0.1) is 16.7 Å². The van der Waals surface area contributed by atoms with Crippen LogP contribution in [0.2, 0.25) is 0 Å². The summed E-state index contributed by atoms with van der Waals surface area (Å²) >= 11 is 0. The van der Waals surface area contributed by atoms with Crippen molar-refractivity contribution in [1.29, 1.82) is 0 Å². The first-order valence-electron chi connectivity index (χ1n) is 5.76. The molecule has 4 aliphatic rings. The summed E-state index contributed by atoms with van der Waals surface area (Å²) in [6, 6.07) is 0. The van der Waals surface area contributed by atoms with Crippen molar-refractivity contribution < 1.29 is 5.73 Å². The molecule has 4 rings (SSSR count). The smallest absolute Gasteiger partial charge is 0.0959 e. The molecule has 4 fully saturated rings. The zero-order valence-corrected chi connectivity index (χ0v) is 9.03. The average Bonchev–Trinajstić information content (AvgIpc) is 1.71. The topological polar surface area (TPSA) is 27.6 Å². The van der Waals surface area contributed by atoms with Crippen molar-refractivity contribution in [3.63, 3.8) is 0 Å². The molecule has 0 saturated heterocycles. The molecule has 2 unspecified atom stereocenters. The van der Waals surface area contributed by atoms with E-state index in [1.165, 1.54) is 38.5 Å². The summed E-state index contributed by atoms with van der Waals surface area (Å²) in [5, 5.41) is 0. The Bertz CT molecular complexity index is 207. The van der Waals surface area contributed by atoms with Crippen LogP contribution in [0.4, 0.5) is 0 Å². The summed E-state index contributed by atoms with van der Waals surface area (Å²) < 4.78 is 0. The number of quaternary nitrogens is 1. The molecule has 1 nitrogen and oxygen atoms in total. The average molecular weight is 180 g/mol.